The van der Waals surface area contributed by atoms with Crippen molar-refractivity contribution in [2.45, 2.75) is 45.1 Å². The number of anilines is 2. The molecule has 1 atom stereocenters. The van der Waals surface area contributed by atoms with Gasteiger partial charge in [-0.05, 0) is 109 Å². The predicted molar refractivity (Wildman–Crippen MR) is 152 cm³/mol. The van der Waals surface area contributed by atoms with Crippen molar-refractivity contribution in [1.29, 1.82) is 0 Å². The summed E-state index contributed by atoms with van der Waals surface area (Å²) in [6, 6.07) is 24.3. The SMILES string of the molecule is Cc1cc(N2CCCc3ccccc32)ccc1-c1ccc2c(c1)CCN[C@@H]2CCc1cnccc1C(=O)O. The summed E-state index contributed by atoms with van der Waals surface area (Å²) < 4.78 is 0. The van der Waals surface area contributed by atoms with Gasteiger partial charge in [0.1, 0.15) is 0 Å². The van der Waals surface area contributed by atoms with Crippen molar-refractivity contribution in [2.24, 2.45) is 0 Å². The maximum Gasteiger partial charge on any atom is 0.336 e. The standard InChI is InChI=1S/C33H33N3O2/c1-22-19-27(36-18-4-6-23-5-2-3-7-32(23)36)10-12-28(22)24-8-11-29-25(20-24)14-17-35-31(29)13-9-26-21-34-16-15-30(26)33(37)38/h2-3,5,7-8,10-12,15-16,19-21,31,35H,4,6,9,13-14,17-18H2,1H3,(H,37,38)/t31-/m1/s1. The van der Waals surface area contributed by atoms with Crippen molar-refractivity contribution in [1.82, 2.24) is 10.3 Å². The number of fused-ring (bicyclic) bond motifs is 2. The molecular formula is C33H33N3O2. The Morgan fingerprint density at radius 2 is 1.95 bits per heavy atom. The number of rotatable bonds is 6. The highest BCUT2D eigenvalue weighted by atomic mass is 16.4. The van der Waals surface area contributed by atoms with E-state index in [2.05, 4.69) is 82.8 Å². The number of carboxylic acid groups (broad SMARTS) is 1. The van der Waals surface area contributed by atoms with Gasteiger partial charge in [-0.1, -0.05) is 42.5 Å². The third-order valence-electron chi connectivity index (χ3n) is 8.08. The van der Waals surface area contributed by atoms with Gasteiger partial charge in [0.25, 0.3) is 0 Å². The highest BCUT2D eigenvalue weighted by Crippen LogP contribution is 2.37. The second-order valence-corrected chi connectivity index (χ2v) is 10.4. The van der Waals surface area contributed by atoms with E-state index in [1.54, 1.807) is 18.5 Å². The molecule has 0 fully saturated rings. The van der Waals surface area contributed by atoms with Gasteiger partial charge < -0.3 is 15.3 Å². The zero-order valence-electron chi connectivity index (χ0n) is 21.8. The first-order valence-electron chi connectivity index (χ1n) is 13.6. The maximum atomic E-state index is 11.6. The number of aromatic carboxylic acids is 1. The van der Waals surface area contributed by atoms with Crippen LogP contribution in [0.3, 0.4) is 0 Å². The number of benzene rings is 3. The molecule has 38 heavy (non-hydrogen) atoms. The Kier molecular flexibility index (Phi) is 6.69. The van der Waals surface area contributed by atoms with Crippen LogP contribution in [-0.4, -0.2) is 29.1 Å². The van der Waals surface area contributed by atoms with Crippen molar-refractivity contribution >= 4 is 17.3 Å². The molecule has 0 bridgehead atoms. The smallest absolute Gasteiger partial charge is 0.336 e. The molecule has 0 radical (unpaired) electrons. The van der Waals surface area contributed by atoms with E-state index >= 15 is 0 Å². The third kappa shape index (κ3) is 4.70. The minimum Gasteiger partial charge on any atom is -0.478 e. The Morgan fingerprint density at radius 3 is 2.82 bits per heavy atom. The van der Waals surface area contributed by atoms with Gasteiger partial charge in [0.2, 0.25) is 0 Å². The lowest BCUT2D eigenvalue weighted by molar-refractivity contribution is 0.0695. The average Bonchev–Trinajstić information content (AvgIpc) is 2.95. The molecular weight excluding hydrogens is 470 g/mol. The number of nitrogens with zero attached hydrogens (tertiary/aromatic N) is 2. The monoisotopic (exact) mass is 503 g/mol. The van der Waals surface area contributed by atoms with Crippen LogP contribution in [0.5, 0.6) is 0 Å². The van der Waals surface area contributed by atoms with Crippen molar-refractivity contribution < 1.29 is 9.90 Å². The van der Waals surface area contributed by atoms with E-state index < -0.39 is 5.97 Å². The molecule has 5 heteroatoms. The minimum absolute atomic E-state index is 0.206. The van der Waals surface area contributed by atoms with Crippen LogP contribution in [0.4, 0.5) is 11.4 Å². The quantitative estimate of drug-likeness (QED) is 0.308. The first-order chi connectivity index (χ1) is 18.6. The molecule has 0 aliphatic carbocycles. The van der Waals surface area contributed by atoms with Crippen LogP contribution in [-0.2, 0) is 19.3 Å². The number of pyridine rings is 1. The second-order valence-electron chi connectivity index (χ2n) is 10.4. The van der Waals surface area contributed by atoms with E-state index in [0.717, 1.165) is 37.9 Å². The molecule has 192 valence electrons. The summed E-state index contributed by atoms with van der Waals surface area (Å²) in [5, 5.41) is 13.2. The fourth-order valence-corrected chi connectivity index (χ4v) is 6.15. The summed E-state index contributed by atoms with van der Waals surface area (Å²) in [6.45, 7) is 4.19. The molecule has 3 aromatic carbocycles. The summed E-state index contributed by atoms with van der Waals surface area (Å²) in [5.74, 6) is -0.894. The molecule has 1 aromatic heterocycles. The van der Waals surface area contributed by atoms with Gasteiger partial charge in [0.15, 0.2) is 0 Å². The van der Waals surface area contributed by atoms with Crippen LogP contribution in [0.25, 0.3) is 11.1 Å². The zero-order valence-corrected chi connectivity index (χ0v) is 21.8. The molecule has 2 aliphatic heterocycles. The van der Waals surface area contributed by atoms with Gasteiger partial charge >= 0.3 is 5.97 Å². The van der Waals surface area contributed by atoms with Gasteiger partial charge in [0.05, 0.1) is 5.56 Å². The van der Waals surface area contributed by atoms with Gasteiger partial charge in [-0.15, -0.1) is 0 Å². The molecule has 2 aliphatic rings. The van der Waals surface area contributed by atoms with Crippen LogP contribution in [0, 0.1) is 6.92 Å². The Morgan fingerprint density at radius 1 is 1.05 bits per heavy atom. The minimum atomic E-state index is -0.894. The molecule has 6 rings (SSSR count). The van der Waals surface area contributed by atoms with Crippen LogP contribution in [0.15, 0.2) is 79.1 Å². The number of carbonyl (C=O) groups is 1. The lowest BCUT2D eigenvalue weighted by Crippen LogP contribution is -2.30. The second kappa shape index (κ2) is 10.4. The van der Waals surface area contributed by atoms with E-state index in [1.165, 1.54) is 51.2 Å². The lowest BCUT2D eigenvalue weighted by atomic mass is 9.87. The fraction of sp³-hybridized carbons (Fsp3) is 0.273. The molecule has 0 unspecified atom stereocenters. The summed E-state index contributed by atoms with van der Waals surface area (Å²) in [5.41, 5.74) is 11.7. The van der Waals surface area contributed by atoms with Gasteiger partial charge in [0, 0.05) is 36.4 Å². The number of aryl methyl sites for hydroxylation is 3. The lowest BCUT2D eigenvalue weighted by Gasteiger charge is -2.32. The molecule has 0 saturated carbocycles. The Bertz CT molecular complexity index is 1500. The molecule has 0 amide bonds. The fourth-order valence-electron chi connectivity index (χ4n) is 6.15. The van der Waals surface area contributed by atoms with E-state index in [9.17, 15) is 9.90 Å². The number of hydrogen-bond acceptors (Lipinski definition) is 4. The number of aromatic nitrogens is 1. The Labute approximate surface area is 224 Å². The number of carboxylic acids is 1. The first kappa shape index (κ1) is 24.4. The van der Waals surface area contributed by atoms with E-state index in [-0.39, 0.29) is 6.04 Å². The number of para-hydroxylation sites is 1. The summed E-state index contributed by atoms with van der Waals surface area (Å²) >= 11 is 0. The van der Waals surface area contributed by atoms with Crippen molar-refractivity contribution in [3.63, 3.8) is 0 Å². The van der Waals surface area contributed by atoms with Crippen LogP contribution < -0.4 is 10.2 Å². The van der Waals surface area contributed by atoms with Crippen LogP contribution in [0.2, 0.25) is 0 Å². The third-order valence-corrected chi connectivity index (χ3v) is 8.08. The van der Waals surface area contributed by atoms with Gasteiger partial charge in [-0.2, -0.15) is 0 Å². The average molecular weight is 504 g/mol. The molecule has 2 N–H and O–H groups in total. The topological polar surface area (TPSA) is 65.5 Å². The zero-order chi connectivity index (χ0) is 26.1. The van der Waals surface area contributed by atoms with Crippen molar-refractivity contribution in [3.8, 4) is 11.1 Å². The van der Waals surface area contributed by atoms with E-state index in [1.807, 2.05) is 0 Å². The normalized spacial score (nSPS) is 16.6. The maximum absolute atomic E-state index is 11.6. The summed E-state index contributed by atoms with van der Waals surface area (Å²) in [6.07, 6.45) is 8.06. The van der Waals surface area contributed by atoms with Crippen LogP contribution in [0.1, 0.15) is 57.1 Å². The highest BCUT2D eigenvalue weighted by molar-refractivity contribution is 5.89. The van der Waals surface area contributed by atoms with Crippen molar-refractivity contribution in [3.05, 3.63) is 113 Å². The Balaban J connectivity index is 1.23. The van der Waals surface area contributed by atoms with E-state index in [4.69, 9.17) is 0 Å². The summed E-state index contributed by atoms with van der Waals surface area (Å²) in [4.78, 5) is 18.2. The highest BCUT2D eigenvalue weighted by Gasteiger charge is 2.22. The van der Waals surface area contributed by atoms with Crippen molar-refractivity contribution in [2.75, 3.05) is 18.0 Å². The number of hydrogen-bond donors (Lipinski definition) is 2. The van der Waals surface area contributed by atoms with E-state index in [0.29, 0.717) is 12.0 Å². The molecule has 0 saturated heterocycles. The Hall–Kier alpha value is -3.96. The van der Waals surface area contributed by atoms with Crippen LogP contribution >= 0.6 is 0 Å². The first-order valence-corrected chi connectivity index (χ1v) is 13.6. The summed E-state index contributed by atoms with van der Waals surface area (Å²) in [7, 11) is 0. The molecule has 4 aromatic rings. The molecule has 0 spiro atoms. The largest absolute Gasteiger partial charge is 0.478 e. The molecule has 5 nitrogen and oxygen atoms in total. The van der Waals surface area contributed by atoms with Gasteiger partial charge in [-0.3, -0.25) is 4.98 Å². The van der Waals surface area contributed by atoms with Gasteiger partial charge in [-0.25, -0.2) is 4.79 Å². The molecule has 3 heterocycles. The predicted octanol–water partition coefficient (Wildman–Crippen LogP) is 6.66. The number of nitrogens with one attached hydrogen (secondary N) is 1.